The van der Waals surface area contributed by atoms with Gasteiger partial charge in [-0.2, -0.15) is 0 Å². The van der Waals surface area contributed by atoms with Crippen molar-refractivity contribution < 1.29 is 4.84 Å². The summed E-state index contributed by atoms with van der Waals surface area (Å²) >= 11 is 0. The van der Waals surface area contributed by atoms with Gasteiger partial charge in [0, 0.05) is 19.2 Å². The average molecular weight is 299 g/mol. The molecule has 0 aliphatic heterocycles. The van der Waals surface area contributed by atoms with E-state index in [1.165, 1.54) is 0 Å². The standard InChI is InChI=1S/C18H25N3O/c1-7-9-10-22-20-16(5)17-11-15(4)18(12-14(17)3)19-13-21(6)8-2/h11-13H,8,10H2,1-6H3. The van der Waals surface area contributed by atoms with Crippen LogP contribution in [0.15, 0.2) is 22.3 Å². The Balaban J connectivity index is 2.97. The Morgan fingerprint density at radius 2 is 2.05 bits per heavy atom. The topological polar surface area (TPSA) is 37.2 Å². The lowest BCUT2D eigenvalue weighted by Gasteiger charge is -2.11. The third-order valence-corrected chi connectivity index (χ3v) is 3.34. The monoisotopic (exact) mass is 299 g/mol. The maximum Gasteiger partial charge on any atom is 0.177 e. The fourth-order valence-corrected chi connectivity index (χ4v) is 1.85. The fraction of sp³-hybridized carbons (Fsp3) is 0.444. The number of hydrogen-bond acceptors (Lipinski definition) is 3. The van der Waals surface area contributed by atoms with Crippen LogP contribution in [0.5, 0.6) is 0 Å². The summed E-state index contributed by atoms with van der Waals surface area (Å²) < 4.78 is 0. The minimum Gasteiger partial charge on any atom is -0.382 e. The van der Waals surface area contributed by atoms with Gasteiger partial charge in [-0.1, -0.05) is 11.1 Å². The van der Waals surface area contributed by atoms with E-state index in [0.717, 1.165) is 34.6 Å². The molecule has 0 heterocycles. The predicted molar refractivity (Wildman–Crippen MR) is 94.0 cm³/mol. The lowest BCUT2D eigenvalue weighted by atomic mass is 10.0. The van der Waals surface area contributed by atoms with Gasteiger partial charge in [-0.05, 0) is 57.9 Å². The van der Waals surface area contributed by atoms with Crippen molar-refractivity contribution in [1.29, 1.82) is 0 Å². The van der Waals surface area contributed by atoms with E-state index >= 15 is 0 Å². The van der Waals surface area contributed by atoms with Crippen molar-refractivity contribution in [2.24, 2.45) is 10.1 Å². The molecule has 0 amide bonds. The highest BCUT2D eigenvalue weighted by atomic mass is 16.6. The summed E-state index contributed by atoms with van der Waals surface area (Å²) in [4.78, 5) is 11.8. The van der Waals surface area contributed by atoms with Gasteiger partial charge in [0.25, 0.3) is 0 Å². The number of benzene rings is 1. The van der Waals surface area contributed by atoms with Crippen LogP contribution < -0.4 is 0 Å². The minimum absolute atomic E-state index is 0.317. The van der Waals surface area contributed by atoms with Crippen molar-refractivity contribution in [1.82, 2.24) is 4.90 Å². The molecule has 1 aromatic rings. The third kappa shape index (κ3) is 5.25. The van der Waals surface area contributed by atoms with E-state index in [4.69, 9.17) is 4.84 Å². The number of aliphatic imine (C=N–C) groups is 1. The maximum atomic E-state index is 5.19. The highest BCUT2D eigenvalue weighted by molar-refractivity contribution is 6.00. The summed E-state index contributed by atoms with van der Waals surface area (Å²) in [6.45, 7) is 11.2. The first-order chi connectivity index (χ1) is 10.5. The van der Waals surface area contributed by atoms with Crippen molar-refractivity contribution >= 4 is 17.7 Å². The highest BCUT2D eigenvalue weighted by Gasteiger charge is 2.07. The van der Waals surface area contributed by atoms with Gasteiger partial charge < -0.3 is 9.74 Å². The molecular weight excluding hydrogens is 274 g/mol. The molecule has 4 nitrogen and oxygen atoms in total. The van der Waals surface area contributed by atoms with E-state index < -0.39 is 0 Å². The second-order valence-corrected chi connectivity index (χ2v) is 5.15. The molecular formula is C18H25N3O. The summed E-state index contributed by atoms with van der Waals surface area (Å²) in [7, 11) is 2.01. The van der Waals surface area contributed by atoms with Gasteiger partial charge in [-0.3, -0.25) is 0 Å². The van der Waals surface area contributed by atoms with Gasteiger partial charge >= 0.3 is 0 Å². The number of rotatable bonds is 6. The molecule has 0 unspecified atom stereocenters. The molecule has 0 saturated heterocycles. The summed E-state index contributed by atoms with van der Waals surface area (Å²) in [5.74, 6) is 5.59. The zero-order valence-electron chi connectivity index (χ0n) is 14.4. The predicted octanol–water partition coefficient (Wildman–Crippen LogP) is 3.68. The van der Waals surface area contributed by atoms with Gasteiger partial charge in [-0.15, -0.1) is 5.92 Å². The van der Waals surface area contributed by atoms with Crippen molar-refractivity contribution in [2.75, 3.05) is 20.2 Å². The summed E-state index contributed by atoms with van der Waals surface area (Å²) in [5.41, 5.74) is 5.14. The molecule has 0 aromatic heterocycles. The van der Waals surface area contributed by atoms with Gasteiger partial charge in [-0.25, -0.2) is 4.99 Å². The molecule has 0 fully saturated rings. The molecule has 0 aliphatic rings. The molecule has 1 rings (SSSR count). The van der Waals surface area contributed by atoms with Gasteiger partial charge in [0.1, 0.15) is 0 Å². The van der Waals surface area contributed by atoms with E-state index in [1.807, 2.05) is 25.2 Å². The van der Waals surface area contributed by atoms with Crippen molar-refractivity contribution in [3.63, 3.8) is 0 Å². The van der Waals surface area contributed by atoms with Crippen LogP contribution in [-0.4, -0.2) is 37.1 Å². The summed E-state index contributed by atoms with van der Waals surface area (Å²) in [6.07, 6.45) is 1.86. The number of nitrogens with zero attached hydrogens (tertiary/aromatic N) is 3. The van der Waals surface area contributed by atoms with Gasteiger partial charge in [0.15, 0.2) is 6.61 Å². The second kappa shape index (κ2) is 8.89. The molecule has 0 spiro atoms. The summed E-state index contributed by atoms with van der Waals surface area (Å²) in [6, 6.07) is 4.18. The largest absolute Gasteiger partial charge is 0.382 e. The Morgan fingerprint density at radius 3 is 2.68 bits per heavy atom. The number of aryl methyl sites for hydroxylation is 2. The smallest absolute Gasteiger partial charge is 0.177 e. The van der Waals surface area contributed by atoms with Crippen LogP contribution in [0.25, 0.3) is 0 Å². The Bertz CT molecular complexity index is 621. The van der Waals surface area contributed by atoms with Crippen molar-refractivity contribution in [3.05, 3.63) is 28.8 Å². The van der Waals surface area contributed by atoms with Crippen LogP contribution in [0.4, 0.5) is 5.69 Å². The molecule has 0 radical (unpaired) electrons. The van der Waals surface area contributed by atoms with E-state index in [1.54, 1.807) is 6.92 Å². The van der Waals surface area contributed by atoms with Crippen LogP contribution in [0, 0.1) is 25.7 Å². The Kier molecular flexibility index (Phi) is 7.18. The SMILES string of the molecule is CC#CCON=C(C)c1cc(C)c(N=CN(C)CC)cc1C. The van der Waals surface area contributed by atoms with Gasteiger partial charge in [0.05, 0.1) is 17.7 Å². The average Bonchev–Trinajstić information content (AvgIpc) is 2.51. The number of hydrogen-bond donors (Lipinski definition) is 0. The fourth-order valence-electron chi connectivity index (χ4n) is 1.85. The highest BCUT2D eigenvalue weighted by Crippen LogP contribution is 2.23. The normalized spacial score (nSPS) is 11.3. The van der Waals surface area contributed by atoms with Crippen molar-refractivity contribution in [2.45, 2.75) is 34.6 Å². The zero-order chi connectivity index (χ0) is 16.5. The van der Waals surface area contributed by atoms with E-state index in [0.29, 0.717) is 6.61 Å². The van der Waals surface area contributed by atoms with Crippen LogP contribution in [-0.2, 0) is 4.84 Å². The van der Waals surface area contributed by atoms with Gasteiger partial charge in [0.2, 0.25) is 0 Å². The lowest BCUT2D eigenvalue weighted by molar-refractivity contribution is 0.180. The molecule has 0 aliphatic carbocycles. The van der Waals surface area contributed by atoms with Crippen LogP contribution >= 0.6 is 0 Å². The molecule has 0 saturated carbocycles. The van der Waals surface area contributed by atoms with Crippen LogP contribution in [0.1, 0.15) is 37.5 Å². The number of oxime groups is 1. The molecule has 0 bridgehead atoms. The van der Waals surface area contributed by atoms with E-state index in [9.17, 15) is 0 Å². The second-order valence-electron chi connectivity index (χ2n) is 5.15. The maximum absolute atomic E-state index is 5.19. The molecule has 22 heavy (non-hydrogen) atoms. The first-order valence-corrected chi connectivity index (χ1v) is 7.41. The van der Waals surface area contributed by atoms with Crippen LogP contribution in [0.2, 0.25) is 0 Å². The Hall–Kier alpha value is -2.28. The molecule has 0 N–H and O–H groups in total. The van der Waals surface area contributed by atoms with Crippen LogP contribution in [0.3, 0.4) is 0 Å². The third-order valence-electron chi connectivity index (χ3n) is 3.34. The first kappa shape index (κ1) is 17.8. The van der Waals surface area contributed by atoms with E-state index in [2.05, 4.69) is 54.9 Å². The first-order valence-electron chi connectivity index (χ1n) is 7.41. The van der Waals surface area contributed by atoms with E-state index in [-0.39, 0.29) is 0 Å². The molecule has 0 atom stereocenters. The Morgan fingerprint density at radius 1 is 1.32 bits per heavy atom. The molecule has 118 valence electrons. The molecule has 4 heteroatoms. The quantitative estimate of drug-likeness (QED) is 0.264. The minimum atomic E-state index is 0.317. The lowest BCUT2D eigenvalue weighted by Crippen LogP contribution is -2.14. The van der Waals surface area contributed by atoms with Crippen molar-refractivity contribution in [3.8, 4) is 11.8 Å². The summed E-state index contributed by atoms with van der Waals surface area (Å²) in [5, 5.41) is 4.12. The zero-order valence-corrected chi connectivity index (χ0v) is 14.4. The molecule has 1 aromatic carbocycles. The Labute approximate surface area is 133 Å².